The van der Waals surface area contributed by atoms with Crippen LogP contribution in [0.1, 0.15) is 28.2 Å². The first-order valence-electron chi connectivity index (χ1n) is 8.43. The third kappa shape index (κ3) is 4.01. The minimum atomic E-state index is -4.47. The van der Waals surface area contributed by atoms with Gasteiger partial charge in [0.25, 0.3) is 12.3 Å². The van der Waals surface area contributed by atoms with Gasteiger partial charge in [0.15, 0.2) is 11.0 Å². The summed E-state index contributed by atoms with van der Waals surface area (Å²) in [6.07, 6.45) is -7.24. The van der Waals surface area contributed by atoms with Gasteiger partial charge in [-0.15, -0.1) is 11.3 Å². The van der Waals surface area contributed by atoms with Crippen molar-refractivity contribution in [3.8, 4) is 11.3 Å². The van der Waals surface area contributed by atoms with E-state index in [4.69, 9.17) is 0 Å². The van der Waals surface area contributed by atoms with Crippen LogP contribution in [0.2, 0.25) is 0 Å². The number of imidazole rings is 1. The summed E-state index contributed by atoms with van der Waals surface area (Å²) in [6.45, 7) is 0. The molecule has 0 saturated heterocycles. The molecule has 2 heterocycles. The number of hydrogen-bond donors (Lipinski definition) is 2. The normalized spacial score (nSPS) is 11.9. The van der Waals surface area contributed by atoms with Crippen molar-refractivity contribution >= 4 is 33.4 Å². The van der Waals surface area contributed by atoms with Gasteiger partial charge in [0.05, 0.1) is 22.3 Å². The van der Waals surface area contributed by atoms with E-state index in [9.17, 15) is 26.7 Å². The zero-order valence-electron chi connectivity index (χ0n) is 14.8. The van der Waals surface area contributed by atoms with Crippen molar-refractivity contribution < 1.29 is 26.7 Å². The van der Waals surface area contributed by atoms with E-state index in [1.165, 1.54) is 35.7 Å². The Kier molecular flexibility index (Phi) is 4.98. The number of amides is 1. The molecule has 30 heavy (non-hydrogen) atoms. The second-order valence-corrected chi connectivity index (χ2v) is 7.08. The van der Waals surface area contributed by atoms with E-state index < -0.39 is 29.9 Å². The second-order valence-electron chi connectivity index (χ2n) is 6.23. The number of thiazole rings is 1. The fourth-order valence-corrected chi connectivity index (χ4v) is 3.48. The number of anilines is 1. The van der Waals surface area contributed by atoms with Gasteiger partial charge in [-0.2, -0.15) is 13.2 Å². The molecule has 0 aliphatic heterocycles. The van der Waals surface area contributed by atoms with Gasteiger partial charge >= 0.3 is 6.18 Å². The highest BCUT2D eigenvalue weighted by Gasteiger charge is 2.30. The number of fused-ring (bicyclic) bond motifs is 1. The molecule has 0 aliphatic rings. The van der Waals surface area contributed by atoms with Gasteiger partial charge in [-0.1, -0.05) is 12.1 Å². The first kappa shape index (κ1) is 20.0. The summed E-state index contributed by atoms with van der Waals surface area (Å²) >= 11 is 1.05. The molecule has 2 aromatic carbocycles. The standard InChI is InChI=1S/C19H11F5N4OS/c20-15(21)16-25-12-5-4-10(7-13(12)26-16)17(29)28-18-27-14(8-30-18)9-2-1-3-11(6-9)19(22,23)24/h1-8,15H,(H,25,26)(H,27,28,29). The number of benzene rings is 2. The number of nitrogens with zero attached hydrogens (tertiary/aromatic N) is 2. The Labute approximate surface area is 169 Å². The van der Waals surface area contributed by atoms with Crippen molar-refractivity contribution in [1.29, 1.82) is 0 Å². The topological polar surface area (TPSA) is 70.7 Å². The van der Waals surface area contributed by atoms with Crippen molar-refractivity contribution in [1.82, 2.24) is 15.0 Å². The minimum absolute atomic E-state index is 0.183. The van der Waals surface area contributed by atoms with Crippen LogP contribution < -0.4 is 5.32 Å². The van der Waals surface area contributed by atoms with E-state index >= 15 is 0 Å². The number of halogens is 5. The quantitative estimate of drug-likeness (QED) is 0.390. The lowest BCUT2D eigenvalue weighted by Crippen LogP contribution is -2.11. The van der Waals surface area contributed by atoms with Gasteiger partial charge in [-0.05, 0) is 30.3 Å². The van der Waals surface area contributed by atoms with Crippen LogP contribution in [-0.4, -0.2) is 20.9 Å². The first-order valence-corrected chi connectivity index (χ1v) is 9.31. The van der Waals surface area contributed by atoms with Gasteiger partial charge < -0.3 is 4.98 Å². The van der Waals surface area contributed by atoms with E-state index in [0.29, 0.717) is 5.52 Å². The predicted molar refractivity (Wildman–Crippen MR) is 102 cm³/mol. The summed E-state index contributed by atoms with van der Waals surface area (Å²) in [5, 5.41) is 4.26. The predicted octanol–water partition coefficient (Wildman–Crippen LogP) is 5.90. The Morgan fingerprint density at radius 3 is 2.63 bits per heavy atom. The average Bonchev–Trinajstić information content (AvgIpc) is 3.33. The number of carbonyl (C=O) groups excluding carboxylic acids is 1. The average molecular weight is 438 g/mol. The summed E-state index contributed by atoms with van der Waals surface area (Å²) in [7, 11) is 0. The molecule has 0 unspecified atom stereocenters. The molecule has 4 rings (SSSR count). The molecule has 11 heteroatoms. The van der Waals surface area contributed by atoms with Crippen molar-refractivity contribution in [3.05, 3.63) is 64.8 Å². The highest BCUT2D eigenvalue weighted by molar-refractivity contribution is 7.14. The third-order valence-electron chi connectivity index (χ3n) is 4.18. The zero-order valence-corrected chi connectivity index (χ0v) is 15.6. The van der Waals surface area contributed by atoms with Crippen LogP contribution in [0.5, 0.6) is 0 Å². The molecular weight excluding hydrogens is 427 g/mol. The molecule has 2 aromatic heterocycles. The van der Waals surface area contributed by atoms with E-state index in [0.717, 1.165) is 23.5 Å². The second kappa shape index (κ2) is 7.48. The largest absolute Gasteiger partial charge is 0.416 e. The van der Waals surface area contributed by atoms with Crippen molar-refractivity contribution in [2.45, 2.75) is 12.6 Å². The summed E-state index contributed by atoms with van der Waals surface area (Å²) in [5.74, 6) is -1.04. The monoisotopic (exact) mass is 438 g/mol. The summed E-state index contributed by atoms with van der Waals surface area (Å²) in [4.78, 5) is 22.8. The van der Waals surface area contributed by atoms with E-state index in [-0.39, 0.29) is 27.5 Å². The van der Waals surface area contributed by atoms with Gasteiger partial charge in [0.2, 0.25) is 0 Å². The molecule has 2 N–H and O–H groups in total. The number of alkyl halides is 5. The molecule has 0 fully saturated rings. The Bertz CT molecular complexity index is 1230. The zero-order chi connectivity index (χ0) is 21.5. The number of hydrogen-bond acceptors (Lipinski definition) is 4. The number of nitrogens with one attached hydrogen (secondary N) is 2. The first-order chi connectivity index (χ1) is 14.2. The number of H-pyrrole nitrogens is 1. The van der Waals surface area contributed by atoms with Crippen molar-refractivity contribution in [3.63, 3.8) is 0 Å². The SMILES string of the molecule is O=C(Nc1nc(-c2cccc(C(F)(F)F)c2)cs1)c1ccc2nc(C(F)F)[nH]c2c1. The molecule has 154 valence electrons. The molecule has 0 aliphatic carbocycles. The molecule has 1 amide bonds. The molecule has 0 saturated carbocycles. The fraction of sp³-hybridized carbons (Fsp3) is 0.105. The lowest BCUT2D eigenvalue weighted by Gasteiger charge is -2.07. The van der Waals surface area contributed by atoms with Crippen molar-refractivity contribution in [2.75, 3.05) is 5.32 Å². The van der Waals surface area contributed by atoms with E-state index in [2.05, 4.69) is 20.3 Å². The highest BCUT2D eigenvalue weighted by atomic mass is 32.1. The lowest BCUT2D eigenvalue weighted by molar-refractivity contribution is -0.137. The molecule has 4 aromatic rings. The highest BCUT2D eigenvalue weighted by Crippen LogP contribution is 2.33. The Morgan fingerprint density at radius 1 is 1.10 bits per heavy atom. The van der Waals surface area contributed by atoms with Crippen molar-refractivity contribution in [2.24, 2.45) is 0 Å². The minimum Gasteiger partial charge on any atom is -0.337 e. The maximum atomic E-state index is 12.9. The molecule has 0 bridgehead atoms. The molecule has 0 atom stereocenters. The van der Waals surface area contributed by atoms with Gasteiger partial charge in [-0.25, -0.2) is 18.7 Å². The number of aromatic nitrogens is 3. The van der Waals surface area contributed by atoms with Crippen LogP contribution >= 0.6 is 11.3 Å². The van der Waals surface area contributed by atoms with Crippen LogP contribution in [0, 0.1) is 0 Å². The van der Waals surface area contributed by atoms with Gasteiger partial charge in [0, 0.05) is 16.5 Å². The Morgan fingerprint density at radius 2 is 1.90 bits per heavy atom. The molecule has 0 spiro atoms. The van der Waals surface area contributed by atoms with E-state index in [1.807, 2.05) is 0 Å². The molecule has 5 nitrogen and oxygen atoms in total. The number of carbonyl (C=O) groups is 1. The van der Waals surface area contributed by atoms with Crippen LogP contribution in [0.3, 0.4) is 0 Å². The van der Waals surface area contributed by atoms with Crippen LogP contribution in [0.25, 0.3) is 22.3 Å². The van der Waals surface area contributed by atoms with E-state index in [1.54, 1.807) is 0 Å². The Hall–Kier alpha value is -3.34. The maximum Gasteiger partial charge on any atom is 0.416 e. The smallest absolute Gasteiger partial charge is 0.337 e. The lowest BCUT2D eigenvalue weighted by atomic mass is 10.1. The summed E-state index contributed by atoms with van der Waals surface area (Å²) in [5.41, 5.74) is 0.508. The Balaban J connectivity index is 1.54. The molecule has 0 radical (unpaired) electrons. The van der Waals surface area contributed by atoms with Crippen LogP contribution in [-0.2, 0) is 6.18 Å². The van der Waals surface area contributed by atoms with Crippen LogP contribution in [0.15, 0.2) is 47.8 Å². The fourth-order valence-electron chi connectivity index (χ4n) is 2.76. The van der Waals surface area contributed by atoms with Crippen LogP contribution in [0.4, 0.5) is 27.1 Å². The number of aromatic amines is 1. The summed E-state index contributed by atoms with van der Waals surface area (Å²) < 4.78 is 64.1. The summed E-state index contributed by atoms with van der Waals surface area (Å²) in [6, 6.07) is 8.95. The molecular formula is C19H11F5N4OS. The number of rotatable bonds is 4. The van der Waals surface area contributed by atoms with Gasteiger partial charge in [-0.3, -0.25) is 10.1 Å². The van der Waals surface area contributed by atoms with Gasteiger partial charge in [0.1, 0.15) is 0 Å². The third-order valence-corrected chi connectivity index (χ3v) is 4.94. The maximum absolute atomic E-state index is 12.9.